The maximum Gasteiger partial charge on any atom is 0.254 e. The van der Waals surface area contributed by atoms with Gasteiger partial charge in [0.25, 0.3) is 5.91 Å². The molecule has 1 aromatic heterocycles. The molecule has 0 aliphatic rings. The summed E-state index contributed by atoms with van der Waals surface area (Å²) < 4.78 is 15.6. The second-order valence-electron chi connectivity index (χ2n) is 5.04. The Labute approximate surface area is 127 Å². The molecular formula is C17H16FN3O. The van der Waals surface area contributed by atoms with Crippen molar-refractivity contribution >= 4 is 16.9 Å². The number of amides is 1. The van der Waals surface area contributed by atoms with Crippen molar-refractivity contribution in [2.24, 2.45) is 0 Å². The quantitative estimate of drug-likeness (QED) is 0.805. The first kappa shape index (κ1) is 14.3. The third-order valence-electron chi connectivity index (χ3n) is 3.58. The number of hydrogen-bond acceptors (Lipinski definition) is 2. The zero-order chi connectivity index (χ0) is 15.5. The molecule has 4 nitrogen and oxygen atoms in total. The fourth-order valence-electron chi connectivity index (χ4n) is 2.50. The van der Waals surface area contributed by atoms with Crippen molar-refractivity contribution in [3.05, 3.63) is 65.7 Å². The number of hydrogen-bond donors (Lipinski definition) is 1. The van der Waals surface area contributed by atoms with E-state index < -0.39 is 11.7 Å². The number of imidazole rings is 1. The van der Waals surface area contributed by atoms with Crippen LogP contribution < -0.4 is 5.32 Å². The van der Waals surface area contributed by atoms with Crippen LogP contribution in [-0.4, -0.2) is 22.0 Å². The first-order chi connectivity index (χ1) is 10.7. The Bertz CT molecular complexity index is 826. The summed E-state index contributed by atoms with van der Waals surface area (Å²) in [4.78, 5) is 16.4. The number of aromatic nitrogens is 2. The molecule has 1 heterocycles. The molecule has 0 bridgehead atoms. The van der Waals surface area contributed by atoms with Gasteiger partial charge in [0.2, 0.25) is 0 Å². The Hall–Kier alpha value is -2.69. The predicted octanol–water partition coefficient (Wildman–Crippen LogP) is 2.91. The van der Waals surface area contributed by atoms with Gasteiger partial charge in [-0.25, -0.2) is 9.37 Å². The lowest BCUT2D eigenvalue weighted by Crippen LogP contribution is -2.28. The second-order valence-corrected chi connectivity index (χ2v) is 5.04. The Morgan fingerprint density at radius 3 is 2.73 bits per heavy atom. The molecule has 3 rings (SSSR count). The van der Waals surface area contributed by atoms with Crippen LogP contribution in [0.5, 0.6) is 0 Å². The van der Waals surface area contributed by atoms with Crippen molar-refractivity contribution in [3.63, 3.8) is 0 Å². The standard InChI is InChI=1S/C17H16FN3O/c1-12-20-15-8-4-5-9-16(15)21(12)11-10-19-17(22)13-6-2-3-7-14(13)18/h2-9H,10-11H2,1H3,(H,19,22). The molecular weight excluding hydrogens is 281 g/mol. The number of rotatable bonds is 4. The Balaban J connectivity index is 1.69. The normalized spacial score (nSPS) is 10.8. The van der Waals surface area contributed by atoms with Gasteiger partial charge in [0.1, 0.15) is 11.6 Å². The van der Waals surface area contributed by atoms with Crippen LogP contribution >= 0.6 is 0 Å². The summed E-state index contributed by atoms with van der Waals surface area (Å²) in [6, 6.07) is 13.8. The van der Waals surface area contributed by atoms with E-state index >= 15 is 0 Å². The highest BCUT2D eigenvalue weighted by Crippen LogP contribution is 2.14. The average molecular weight is 297 g/mol. The molecule has 0 atom stereocenters. The molecule has 112 valence electrons. The third kappa shape index (κ3) is 2.70. The van der Waals surface area contributed by atoms with E-state index in [1.807, 2.05) is 35.8 Å². The molecule has 22 heavy (non-hydrogen) atoms. The van der Waals surface area contributed by atoms with Gasteiger partial charge in [0.15, 0.2) is 0 Å². The van der Waals surface area contributed by atoms with Gasteiger partial charge >= 0.3 is 0 Å². The van der Waals surface area contributed by atoms with Crippen molar-refractivity contribution in [2.45, 2.75) is 13.5 Å². The van der Waals surface area contributed by atoms with E-state index in [9.17, 15) is 9.18 Å². The zero-order valence-corrected chi connectivity index (χ0v) is 12.2. The van der Waals surface area contributed by atoms with Crippen molar-refractivity contribution in [3.8, 4) is 0 Å². The Kier molecular flexibility index (Phi) is 3.87. The maximum atomic E-state index is 13.5. The highest BCUT2D eigenvalue weighted by molar-refractivity contribution is 5.94. The summed E-state index contributed by atoms with van der Waals surface area (Å²) >= 11 is 0. The number of nitrogens with one attached hydrogen (secondary N) is 1. The van der Waals surface area contributed by atoms with E-state index in [1.54, 1.807) is 12.1 Å². The third-order valence-corrected chi connectivity index (χ3v) is 3.58. The van der Waals surface area contributed by atoms with Gasteiger partial charge in [-0.2, -0.15) is 0 Å². The summed E-state index contributed by atoms with van der Waals surface area (Å²) in [6.45, 7) is 2.93. The van der Waals surface area contributed by atoms with Gasteiger partial charge in [-0.05, 0) is 31.2 Å². The topological polar surface area (TPSA) is 46.9 Å². The lowest BCUT2D eigenvalue weighted by molar-refractivity contribution is 0.0948. The SMILES string of the molecule is Cc1nc2ccccc2n1CCNC(=O)c1ccccc1F. The van der Waals surface area contributed by atoms with E-state index in [0.29, 0.717) is 13.1 Å². The minimum absolute atomic E-state index is 0.0645. The molecule has 0 aliphatic carbocycles. The van der Waals surface area contributed by atoms with Crippen LogP contribution in [0.4, 0.5) is 4.39 Å². The highest BCUT2D eigenvalue weighted by Gasteiger charge is 2.11. The largest absolute Gasteiger partial charge is 0.350 e. The molecule has 0 aliphatic heterocycles. The molecule has 0 unspecified atom stereocenters. The fourth-order valence-corrected chi connectivity index (χ4v) is 2.50. The van der Waals surface area contributed by atoms with E-state index in [2.05, 4.69) is 10.3 Å². The minimum Gasteiger partial charge on any atom is -0.350 e. The molecule has 0 radical (unpaired) electrons. The van der Waals surface area contributed by atoms with E-state index in [0.717, 1.165) is 16.9 Å². The van der Waals surface area contributed by atoms with Crippen molar-refractivity contribution in [2.75, 3.05) is 6.54 Å². The molecule has 5 heteroatoms. The first-order valence-electron chi connectivity index (χ1n) is 7.11. The minimum atomic E-state index is -0.510. The molecule has 1 amide bonds. The number of carbonyl (C=O) groups excluding carboxylic acids is 1. The van der Waals surface area contributed by atoms with Crippen LogP contribution in [-0.2, 0) is 6.54 Å². The average Bonchev–Trinajstić information content (AvgIpc) is 2.83. The van der Waals surface area contributed by atoms with Crippen LogP contribution in [0.25, 0.3) is 11.0 Å². The molecule has 0 saturated heterocycles. The number of para-hydroxylation sites is 2. The molecule has 0 spiro atoms. The Morgan fingerprint density at radius 1 is 1.18 bits per heavy atom. The van der Waals surface area contributed by atoms with Crippen LogP contribution in [0.1, 0.15) is 16.2 Å². The first-order valence-corrected chi connectivity index (χ1v) is 7.11. The van der Waals surface area contributed by atoms with Gasteiger partial charge in [-0.3, -0.25) is 4.79 Å². The van der Waals surface area contributed by atoms with Crippen LogP contribution in [0.2, 0.25) is 0 Å². The zero-order valence-electron chi connectivity index (χ0n) is 12.2. The fraction of sp³-hybridized carbons (Fsp3) is 0.176. The van der Waals surface area contributed by atoms with Gasteiger partial charge in [-0.15, -0.1) is 0 Å². The van der Waals surface area contributed by atoms with E-state index in [-0.39, 0.29) is 5.56 Å². The number of halogens is 1. The van der Waals surface area contributed by atoms with E-state index in [4.69, 9.17) is 0 Å². The Morgan fingerprint density at radius 2 is 1.91 bits per heavy atom. The summed E-state index contributed by atoms with van der Waals surface area (Å²) in [5.74, 6) is -0.0224. The molecule has 0 fully saturated rings. The molecule has 3 aromatic rings. The van der Waals surface area contributed by atoms with Gasteiger partial charge in [0.05, 0.1) is 16.6 Å². The van der Waals surface area contributed by atoms with Crippen molar-refractivity contribution in [1.82, 2.24) is 14.9 Å². The maximum absolute atomic E-state index is 13.5. The number of benzene rings is 2. The lowest BCUT2D eigenvalue weighted by atomic mass is 10.2. The number of aryl methyl sites for hydroxylation is 1. The smallest absolute Gasteiger partial charge is 0.254 e. The molecule has 1 N–H and O–H groups in total. The van der Waals surface area contributed by atoms with Crippen molar-refractivity contribution < 1.29 is 9.18 Å². The van der Waals surface area contributed by atoms with Gasteiger partial charge in [-0.1, -0.05) is 24.3 Å². The highest BCUT2D eigenvalue weighted by atomic mass is 19.1. The second kappa shape index (κ2) is 5.97. The summed E-state index contributed by atoms with van der Waals surface area (Å²) in [6.07, 6.45) is 0. The number of nitrogens with zero attached hydrogens (tertiary/aromatic N) is 2. The van der Waals surface area contributed by atoms with Crippen LogP contribution in [0.15, 0.2) is 48.5 Å². The number of fused-ring (bicyclic) bond motifs is 1. The monoisotopic (exact) mass is 297 g/mol. The predicted molar refractivity (Wildman–Crippen MR) is 83.2 cm³/mol. The summed E-state index contributed by atoms with van der Waals surface area (Å²) in [5, 5.41) is 2.74. The van der Waals surface area contributed by atoms with Gasteiger partial charge < -0.3 is 9.88 Å². The van der Waals surface area contributed by atoms with Crippen molar-refractivity contribution in [1.29, 1.82) is 0 Å². The molecule has 0 saturated carbocycles. The van der Waals surface area contributed by atoms with Crippen LogP contribution in [0.3, 0.4) is 0 Å². The molecule has 2 aromatic carbocycles. The lowest BCUT2D eigenvalue weighted by Gasteiger charge is -2.09. The number of carbonyl (C=O) groups is 1. The van der Waals surface area contributed by atoms with Gasteiger partial charge in [0, 0.05) is 13.1 Å². The van der Waals surface area contributed by atoms with Crippen LogP contribution in [0, 0.1) is 12.7 Å². The summed E-state index contributed by atoms with van der Waals surface area (Å²) in [5.41, 5.74) is 2.02. The summed E-state index contributed by atoms with van der Waals surface area (Å²) in [7, 11) is 0. The van der Waals surface area contributed by atoms with E-state index in [1.165, 1.54) is 12.1 Å².